The Labute approximate surface area is 149 Å². The minimum atomic E-state index is -3.30. The van der Waals surface area contributed by atoms with Crippen LogP contribution >= 0.6 is 15.9 Å². The topological polar surface area (TPSA) is 139 Å². The van der Waals surface area contributed by atoms with Gasteiger partial charge in [0.2, 0.25) is 0 Å². The number of aromatic nitrogens is 6. The lowest BCUT2D eigenvalue weighted by Crippen LogP contribution is -2.09. The summed E-state index contributed by atoms with van der Waals surface area (Å²) in [6, 6.07) is 6.03. The number of hydrogen-bond donors (Lipinski definition) is 0. The lowest BCUT2D eigenvalue weighted by molar-refractivity contribution is -0.390. The number of tetrazole rings is 1. The summed E-state index contributed by atoms with van der Waals surface area (Å²) in [6.07, 6.45) is 2.57. The van der Waals surface area contributed by atoms with Crippen molar-refractivity contribution < 1.29 is 13.3 Å². The van der Waals surface area contributed by atoms with Crippen molar-refractivity contribution in [1.82, 2.24) is 30.0 Å². The third kappa shape index (κ3) is 3.56. The number of hydrogen-bond acceptors (Lipinski definition) is 8. The van der Waals surface area contributed by atoms with Gasteiger partial charge in [0.1, 0.15) is 11.0 Å². The molecule has 0 aliphatic heterocycles. The Morgan fingerprint density at radius 1 is 1.28 bits per heavy atom. The molecule has 0 bridgehead atoms. The van der Waals surface area contributed by atoms with E-state index in [1.165, 1.54) is 27.7 Å². The van der Waals surface area contributed by atoms with E-state index >= 15 is 0 Å². The Hall–Kier alpha value is -2.67. The molecule has 0 radical (unpaired) electrons. The highest BCUT2D eigenvalue weighted by Gasteiger charge is 2.20. The molecule has 0 saturated heterocycles. The van der Waals surface area contributed by atoms with Gasteiger partial charge in [-0.2, -0.15) is 9.36 Å². The van der Waals surface area contributed by atoms with Crippen LogP contribution in [0, 0.1) is 10.1 Å². The second kappa shape index (κ2) is 6.33. The lowest BCUT2D eigenvalue weighted by atomic mass is 10.3. The van der Waals surface area contributed by atoms with Gasteiger partial charge in [0.15, 0.2) is 15.7 Å². The molecule has 0 spiro atoms. The van der Waals surface area contributed by atoms with Gasteiger partial charge in [-0.25, -0.2) is 8.42 Å². The van der Waals surface area contributed by atoms with Crippen molar-refractivity contribution in [2.45, 2.75) is 11.4 Å². The van der Waals surface area contributed by atoms with E-state index in [0.29, 0.717) is 11.5 Å². The molecule has 3 aromatic rings. The van der Waals surface area contributed by atoms with Crippen LogP contribution < -0.4 is 0 Å². The highest BCUT2D eigenvalue weighted by atomic mass is 79.9. The predicted octanol–water partition coefficient (Wildman–Crippen LogP) is 0.981. The summed E-state index contributed by atoms with van der Waals surface area (Å²) in [7, 11) is -3.30. The molecule has 0 unspecified atom stereocenters. The highest BCUT2D eigenvalue weighted by molar-refractivity contribution is 9.10. The maximum absolute atomic E-state index is 11.5. The minimum Gasteiger partial charge on any atom is -0.358 e. The van der Waals surface area contributed by atoms with E-state index in [1.54, 1.807) is 12.1 Å². The van der Waals surface area contributed by atoms with Crippen molar-refractivity contribution in [2.75, 3.05) is 6.26 Å². The number of benzene rings is 1. The lowest BCUT2D eigenvalue weighted by Gasteiger charge is -2.04. The van der Waals surface area contributed by atoms with E-state index in [2.05, 4.69) is 36.6 Å². The van der Waals surface area contributed by atoms with Gasteiger partial charge in [-0.15, -0.1) is 5.10 Å². The molecule has 0 amide bonds. The highest BCUT2D eigenvalue weighted by Crippen LogP contribution is 2.22. The van der Waals surface area contributed by atoms with Crippen LogP contribution in [0.5, 0.6) is 0 Å². The Balaban J connectivity index is 1.91. The maximum Gasteiger partial charge on any atom is 0.404 e. The molecule has 25 heavy (non-hydrogen) atoms. The molecule has 1 aromatic carbocycles. The molecule has 2 aromatic heterocycles. The van der Waals surface area contributed by atoms with Crippen molar-refractivity contribution >= 4 is 31.6 Å². The van der Waals surface area contributed by atoms with Crippen LogP contribution in [0.25, 0.3) is 5.69 Å². The van der Waals surface area contributed by atoms with E-state index in [1.807, 2.05) is 0 Å². The van der Waals surface area contributed by atoms with E-state index < -0.39 is 14.8 Å². The summed E-state index contributed by atoms with van der Waals surface area (Å²) in [5.74, 6) is 0.0635. The summed E-state index contributed by atoms with van der Waals surface area (Å²) in [6.45, 7) is 0.0905. The molecule has 0 saturated carbocycles. The summed E-state index contributed by atoms with van der Waals surface area (Å²) in [4.78, 5) is 10.4. The third-order valence-corrected chi connectivity index (χ3v) is 4.91. The first kappa shape index (κ1) is 17.2. The van der Waals surface area contributed by atoms with Crippen molar-refractivity contribution in [3.05, 3.63) is 50.9 Å². The summed E-state index contributed by atoms with van der Waals surface area (Å²) in [5.41, 5.74) is 0.549. The third-order valence-electron chi connectivity index (χ3n) is 3.22. The van der Waals surface area contributed by atoms with Gasteiger partial charge in [0, 0.05) is 6.26 Å². The quantitative estimate of drug-likeness (QED) is 0.433. The van der Waals surface area contributed by atoms with Gasteiger partial charge in [0.05, 0.1) is 21.9 Å². The molecule has 0 atom stereocenters. The smallest absolute Gasteiger partial charge is 0.358 e. The van der Waals surface area contributed by atoms with E-state index in [-0.39, 0.29) is 21.7 Å². The normalized spacial score (nSPS) is 11.6. The first-order chi connectivity index (χ1) is 11.8. The van der Waals surface area contributed by atoms with Gasteiger partial charge in [0.25, 0.3) is 0 Å². The van der Waals surface area contributed by atoms with E-state index in [0.717, 1.165) is 6.26 Å². The average molecular weight is 428 g/mol. The molecular formula is C12H10BrN7O4S. The zero-order valence-corrected chi connectivity index (χ0v) is 15.0. The van der Waals surface area contributed by atoms with Gasteiger partial charge in [-0.05, 0) is 55.5 Å². The number of rotatable bonds is 5. The van der Waals surface area contributed by atoms with Crippen LogP contribution in [0.2, 0.25) is 0 Å². The van der Waals surface area contributed by atoms with Gasteiger partial charge in [-0.3, -0.25) is 0 Å². The molecule has 2 heterocycles. The minimum absolute atomic E-state index is 0.0905. The Bertz CT molecular complexity index is 1040. The average Bonchev–Trinajstić information content (AvgIpc) is 3.13. The summed E-state index contributed by atoms with van der Waals surface area (Å²) in [5, 5.41) is 26.0. The molecule has 130 valence electrons. The second-order valence-corrected chi connectivity index (χ2v) is 7.90. The number of nitrogens with zero attached hydrogens (tertiary/aromatic N) is 7. The molecular weight excluding hydrogens is 418 g/mol. The fraction of sp³-hybridized carbons (Fsp3) is 0.167. The summed E-state index contributed by atoms with van der Waals surface area (Å²) >= 11 is 3.07. The Kier molecular flexibility index (Phi) is 4.34. The first-order valence-corrected chi connectivity index (χ1v) is 9.39. The fourth-order valence-electron chi connectivity index (χ4n) is 2.08. The van der Waals surface area contributed by atoms with Crippen LogP contribution in [0.4, 0.5) is 5.82 Å². The molecule has 11 nitrogen and oxygen atoms in total. The molecule has 3 rings (SSSR count). The van der Waals surface area contributed by atoms with Crippen molar-refractivity contribution in [3.8, 4) is 5.69 Å². The Morgan fingerprint density at radius 3 is 2.52 bits per heavy atom. The van der Waals surface area contributed by atoms with Crippen LogP contribution in [-0.2, 0) is 16.4 Å². The standard InChI is InChI=1S/C12H10BrN7O4S/c1-25(23,24)9-4-2-8(3-5-9)19-11(14-16-17-19)7-18-6-10(13)12(15-18)20(21)22/h2-6H,7H2,1H3. The molecule has 13 heteroatoms. The van der Waals surface area contributed by atoms with Crippen molar-refractivity contribution in [3.63, 3.8) is 0 Å². The van der Waals surface area contributed by atoms with E-state index in [4.69, 9.17) is 0 Å². The van der Waals surface area contributed by atoms with Gasteiger partial charge >= 0.3 is 5.82 Å². The molecule has 0 fully saturated rings. The van der Waals surface area contributed by atoms with Gasteiger partial charge < -0.3 is 10.1 Å². The van der Waals surface area contributed by atoms with Crippen molar-refractivity contribution in [2.24, 2.45) is 0 Å². The monoisotopic (exact) mass is 427 g/mol. The maximum atomic E-state index is 11.5. The van der Waals surface area contributed by atoms with Crippen LogP contribution in [-0.4, -0.2) is 49.6 Å². The van der Waals surface area contributed by atoms with Crippen LogP contribution in [0.3, 0.4) is 0 Å². The molecule has 0 aliphatic carbocycles. The summed E-state index contributed by atoms with van der Waals surface area (Å²) < 4.78 is 26.0. The largest absolute Gasteiger partial charge is 0.404 e. The molecule has 0 aliphatic rings. The predicted molar refractivity (Wildman–Crippen MR) is 87.9 cm³/mol. The van der Waals surface area contributed by atoms with Crippen molar-refractivity contribution in [1.29, 1.82) is 0 Å². The SMILES string of the molecule is CS(=O)(=O)c1ccc(-n2nnnc2Cn2cc(Br)c([N+](=O)[O-])n2)cc1. The fourth-order valence-corrected chi connectivity index (χ4v) is 3.17. The number of nitro groups is 1. The molecule has 0 N–H and O–H groups in total. The second-order valence-electron chi connectivity index (χ2n) is 5.03. The van der Waals surface area contributed by atoms with Gasteiger partial charge in [-0.1, -0.05) is 0 Å². The van der Waals surface area contributed by atoms with Crippen LogP contribution in [0.1, 0.15) is 5.82 Å². The van der Waals surface area contributed by atoms with Crippen LogP contribution in [0.15, 0.2) is 39.8 Å². The van der Waals surface area contributed by atoms with E-state index in [9.17, 15) is 18.5 Å². The first-order valence-electron chi connectivity index (χ1n) is 6.71. The number of halogens is 1. The Morgan fingerprint density at radius 2 is 1.96 bits per heavy atom. The number of sulfone groups is 1. The zero-order valence-electron chi connectivity index (χ0n) is 12.6. The zero-order chi connectivity index (χ0) is 18.2.